The van der Waals surface area contributed by atoms with E-state index in [-0.39, 0.29) is 17.5 Å². The van der Waals surface area contributed by atoms with Gasteiger partial charge in [0.15, 0.2) is 11.5 Å². The fourth-order valence-corrected chi connectivity index (χ4v) is 3.42. The molecular weight excluding hydrogens is 314 g/mol. The lowest BCUT2D eigenvalue weighted by Gasteiger charge is -2.26. The van der Waals surface area contributed by atoms with Crippen molar-refractivity contribution in [2.45, 2.75) is 24.3 Å². The highest BCUT2D eigenvalue weighted by Crippen LogP contribution is 2.30. The van der Waals surface area contributed by atoms with Crippen LogP contribution in [0.2, 0.25) is 0 Å². The van der Waals surface area contributed by atoms with E-state index in [0.29, 0.717) is 18.1 Å². The number of hydrogen-bond acceptors (Lipinski definition) is 4. The van der Waals surface area contributed by atoms with Crippen LogP contribution in [0, 0.1) is 0 Å². The van der Waals surface area contributed by atoms with Crippen LogP contribution in [-0.4, -0.2) is 27.7 Å². The molecule has 0 saturated heterocycles. The number of benzene rings is 2. The first-order chi connectivity index (χ1) is 11.1. The van der Waals surface area contributed by atoms with Crippen LogP contribution in [0.1, 0.15) is 12.5 Å². The molecule has 2 aromatic carbocycles. The highest BCUT2D eigenvalue weighted by atomic mass is 32.2. The number of sulfonamides is 1. The fraction of sp³-hybridized carbons (Fsp3) is 0.294. The van der Waals surface area contributed by atoms with Crippen LogP contribution < -0.4 is 14.2 Å². The summed E-state index contributed by atoms with van der Waals surface area (Å²) in [7, 11) is -3.55. The molecule has 1 atom stereocenters. The normalized spacial score (nSPS) is 17.0. The molecule has 0 aromatic heterocycles. The molecule has 6 heteroatoms. The first-order valence-electron chi connectivity index (χ1n) is 7.55. The topological polar surface area (TPSA) is 64.6 Å². The Morgan fingerprint density at radius 1 is 1.09 bits per heavy atom. The summed E-state index contributed by atoms with van der Waals surface area (Å²) in [5.74, 6) is 1.32. The summed E-state index contributed by atoms with van der Waals surface area (Å²) in [4.78, 5) is 0.256. The molecule has 0 spiro atoms. The summed E-state index contributed by atoms with van der Waals surface area (Å²) in [5.41, 5.74) is 1.10. The van der Waals surface area contributed by atoms with Gasteiger partial charge in [0, 0.05) is 0 Å². The Bertz CT molecular complexity index is 771. The predicted molar refractivity (Wildman–Crippen MR) is 87.4 cm³/mol. The summed E-state index contributed by atoms with van der Waals surface area (Å²) < 4.78 is 38.5. The SMILES string of the molecule is CCc1ccc(S(=O)(=O)NCC2COc3ccccc3O2)cc1. The molecule has 0 saturated carbocycles. The minimum atomic E-state index is -3.55. The van der Waals surface area contributed by atoms with Gasteiger partial charge >= 0.3 is 0 Å². The second kappa shape index (κ2) is 6.60. The van der Waals surface area contributed by atoms with Crippen LogP contribution in [-0.2, 0) is 16.4 Å². The number of nitrogens with one attached hydrogen (secondary N) is 1. The van der Waals surface area contributed by atoms with Gasteiger partial charge < -0.3 is 9.47 Å². The molecule has 0 aliphatic carbocycles. The summed E-state index contributed by atoms with van der Waals surface area (Å²) in [6, 6.07) is 14.2. The lowest BCUT2D eigenvalue weighted by atomic mass is 10.2. The fourth-order valence-electron chi connectivity index (χ4n) is 2.35. The van der Waals surface area contributed by atoms with E-state index < -0.39 is 10.0 Å². The van der Waals surface area contributed by atoms with Gasteiger partial charge in [0.2, 0.25) is 10.0 Å². The zero-order chi connectivity index (χ0) is 16.3. The van der Waals surface area contributed by atoms with Crippen molar-refractivity contribution in [1.29, 1.82) is 0 Å². The molecule has 1 aliphatic heterocycles. The van der Waals surface area contributed by atoms with E-state index in [2.05, 4.69) is 4.72 Å². The Balaban J connectivity index is 1.63. The van der Waals surface area contributed by atoms with Crippen molar-refractivity contribution in [3.63, 3.8) is 0 Å². The van der Waals surface area contributed by atoms with E-state index in [4.69, 9.17) is 9.47 Å². The molecule has 0 bridgehead atoms. The maximum absolute atomic E-state index is 12.3. The van der Waals surface area contributed by atoms with Gasteiger partial charge in [-0.1, -0.05) is 31.2 Å². The van der Waals surface area contributed by atoms with Gasteiger partial charge in [-0.3, -0.25) is 0 Å². The summed E-state index contributed by atoms with van der Waals surface area (Å²) >= 11 is 0. The first kappa shape index (κ1) is 15.8. The zero-order valence-corrected chi connectivity index (χ0v) is 13.7. The third kappa shape index (κ3) is 3.65. The van der Waals surface area contributed by atoms with E-state index in [0.717, 1.165) is 12.0 Å². The van der Waals surface area contributed by atoms with Crippen LogP contribution >= 0.6 is 0 Å². The zero-order valence-electron chi connectivity index (χ0n) is 12.9. The van der Waals surface area contributed by atoms with Gasteiger partial charge in [0.05, 0.1) is 11.4 Å². The van der Waals surface area contributed by atoms with Gasteiger partial charge in [-0.05, 0) is 36.2 Å². The number of para-hydroxylation sites is 2. The van der Waals surface area contributed by atoms with E-state index >= 15 is 0 Å². The first-order valence-corrected chi connectivity index (χ1v) is 9.04. The third-order valence-electron chi connectivity index (χ3n) is 3.71. The summed E-state index contributed by atoms with van der Waals surface area (Å²) in [6.45, 7) is 2.50. The monoisotopic (exact) mass is 333 g/mol. The molecule has 0 fully saturated rings. The lowest BCUT2D eigenvalue weighted by Crippen LogP contribution is -2.40. The van der Waals surface area contributed by atoms with Crippen LogP contribution in [0.15, 0.2) is 53.4 Å². The summed E-state index contributed by atoms with van der Waals surface area (Å²) in [5, 5.41) is 0. The van der Waals surface area contributed by atoms with Crippen LogP contribution in [0.4, 0.5) is 0 Å². The number of aryl methyl sites for hydroxylation is 1. The predicted octanol–water partition coefficient (Wildman–Crippen LogP) is 2.37. The molecule has 122 valence electrons. The van der Waals surface area contributed by atoms with E-state index in [9.17, 15) is 8.42 Å². The van der Waals surface area contributed by atoms with Gasteiger partial charge in [0.25, 0.3) is 0 Å². The molecule has 1 N–H and O–H groups in total. The lowest BCUT2D eigenvalue weighted by molar-refractivity contribution is 0.0943. The smallest absolute Gasteiger partial charge is 0.240 e. The highest BCUT2D eigenvalue weighted by molar-refractivity contribution is 7.89. The molecule has 0 amide bonds. The second-order valence-corrected chi connectivity index (χ2v) is 7.11. The van der Waals surface area contributed by atoms with Crippen LogP contribution in [0.5, 0.6) is 11.5 Å². The molecule has 1 heterocycles. The van der Waals surface area contributed by atoms with E-state index in [1.807, 2.05) is 37.3 Å². The van der Waals surface area contributed by atoms with Gasteiger partial charge in [-0.15, -0.1) is 0 Å². The maximum Gasteiger partial charge on any atom is 0.240 e. The Hall–Kier alpha value is -2.05. The highest BCUT2D eigenvalue weighted by Gasteiger charge is 2.23. The molecule has 1 unspecified atom stereocenters. The van der Waals surface area contributed by atoms with Crippen molar-refractivity contribution in [1.82, 2.24) is 4.72 Å². The largest absolute Gasteiger partial charge is 0.486 e. The average molecular weight is 333 g/mol. The minimum absolute atomic E-state index is 0.159. The average Bonchev–Trinajstić information content (AvgIpc) is 2.60. The van der Waals surface area contributed by atoms with Crippen LogP contribution in [0.25, 0.3) is 0 Å². The minimum Gasteiger partial charge on any atom is -0.486 e. The molecule has 5 nitrogen and oxygen atoms in total. The molecule has 1 aliphatic rings. The van der Waals surface area contributed by atoms with Crippen molar-refractivity contribution in [3.8, 4) is 11.5 Å². The molecule has 2 aromatic rings. The number of rotatable bonds is 5. The molecule has 3 rings (SSSR count). The standard InChI is InChI=1S/C17H19NO4S/c1-2-13-7-9-15(10-8-13)23(19,20)18-11-14-12-21-16-5-3-4-6-17(16)22-14/h3-10,14,18H,2,11-12H2,1H3. The molecule has 23 heavy (non-hydrogen) atoms. The quantitative estimate of drug-likeness (QED) is 0.912. The molecule has 0 radical (unpaired) electrons. The van der Waals surface area contributed by atoms with Gasteiger partial charge in [-0.2, -0.15) is 0 Å². The van der Waals surface area contributed by atoms with Crippen molar-refractivity contribution in [3.05, 3.63) is 54.1 Å². The Morgan fingerprint density at radius 2 is 1.78 bits per heavy atom. The number of ether oxygens (including phenoxy) is 2. The van der Waals surface area contributed by atoms with E-state index in [1.54, 1.807) is 18.2 Å². The third-order valence-corrected chi connectivity index (χ3v) is 5.15. The van der Waals surface area contributed by atoms with Crippen molar-refractivity contribution in [2.24, 2.45) is 0 Å². The Morgan fingerprint density at radius 3 is 2.48 bits per heavy atom. The molecular formula is C17H19NO4S. The van der Waals surface area contributed by atoms with Crippen molar-refractivity contribution in [2.75, 3.05) is 13.2 Å². The van der Waals surface area contributed by atoms with Gasteiger partial charge in [0.1, 0.15) is 12.7 Å². The second-order valence-electron chi connectivity index (χ2n) is 5.35. The Kier molecular flexibility index (Phi) is 4.54. The number of fused-ring (bicyclic) bond motifs is 1. The number of hydrogen-bond donors (Lipinski definition) is 1. The van der Waals surface area contributed by atoms with Crippen LogP contribution in [0.3, 0.4) is 0 Å². The maximum atomic E-state index is 12.3. The van der Waals surface area contributed by atoms with Gasteiger partial charge in [-0.25, -0.2) is 13.1 Å². The van der Waals surface area contributed by atoms with Crippen molar-refractivity contribution >= 4 is 10.0 Å². The van der Waals surface area contributed by atoms with Crippen molar-refractivity contribution < 1.29 is 17.9 Å². The Labute approximate surface area is 136 Å². The summed E-state index contributed by atoms with van der Waals surface area (Å²) in [6.07, 6.45) is 0.523. The van der Waals surface area contributed by atoms with E-state index in [1.165, 1.54) is 0 Å².